The number of nitrogens with one attached hydrogen (secondary N) is 1. The molecule has 0 saturated heterocycles. The summed E-state index contributed by atoms with van der Waals surface area (Å²) in [4.78, 5) is 22.1. The van der Waals surface area contributed by atoms with E-state index in [2.05, 4.69) is 5.32 Å². The summed E-state index contributed by atoms with van der Waals surface area (Å²) in [6.07, 6.45) is 0.365. The first kappa shape index (κ1) is 13.5. The maximum Gasteiger partial charge on any atom is 0.307 e. The van der Waals surface area contributed by atoms with Gasteiger partial charge in [-0.15, -0.1) is 0 Å². The zero-order valence-electron chi connectivity index (χ0n) is 10.0. The van der Waals surface area contributed by atoms with Gasteiger partial charge in [-0.25, -0.2) is 8.78 Å². The Bertz CT molecular complexity index is 498. The lowest BCUT2D eigenvalue weighted by molar-refractivity contribution is -0.140. The lowest BCUT2D eigenvalue weighted by atomic mass is 10.1. The fourth-order valence-corrected chi connectivity index (χ4v) is 1.97. The van der Waals surface area contributed by atoms with Crippen LogP contribution in [0, 0.1) is 23.5 Å². The van der Waals surface area contributed by atoms with E-state index in [4.69, 9.17) is 5.11 Å². The molecule has 6 heteroatoms. The average molecular weight is 269 g/mol. The second-order valence-corrected chi connectivity index (χ2v) is 4.53. The van der Waals surface area contributed by atoms with Gasteiger partial charge in [0.05, 0.1) is 11.8 Å². The lowest BCUT2D eigenvalue weighted by Gasteiger charge is -2.06. The maximum atomic E-state index is 13.3. The van der Waals surface area contributed by atoms with Crippen LogP contribution in [0.4, 0.5) is 8.78 Å². The Morgan fingerprint density at radius 2 is 1.89 bits per heavy atom. The quantitative estimate of drug-likeness (QED) is 0.847. The molecule has 1 aliphatic carbocycles. The Kier molecular flexibility index (Phi) is 3.78. The number of carboxylic acids is 1. The Balaban J connectivity index is 1.81. The van der Waals surface area contributed by atoms with Crippen LogP contribution in [0.3, 0.4) is 0 Å². The SMILES string of the molecule is O=C(O)C1CC1C(=O)NCCc1c(F)cccc1F. The van der Waals surface area contributed by atoms with Gasteiger partial charge in [0.25, 0.3) is 0 Å². The molecule has 1 saturated carbocycles. The largest absolute Gasteiger partial charge is 0.481 e. The Hall–Kier alpha value is -1.98. The maximum absolute atomic E-state index is 13.3. The van der Waals surface area contributed by atoms with E-state index in [0.29, 0.717) is 6.42 Å². The van der Waals surface area contributed by atoms with E-state index < -0.39 is 29.4 Å². The third kappa shape index (κ3) is 3.07. The molecule has 19 heavy (non-hydrogen) atoms. The molecular formula is C13H13F2NO3. The van der Waals surface area contributed by atoms with E-state index in [1.54, 1.807) is 0 Å². The zero-order chi connectivity index (χ0) is 14.0. The third-order valence-electron chi connectivity index (χ3n) is 3.18. The van der Waals surface area contributed by atoms with Crippen molar-refractivity contribution in [3.05, 3.63) is 35.4 Å². The monoisotopic (exact) mass is 269 g/mol. The van der Waals surface area contributed by atoms with Crippen molar-refractivity contribution < 1.29 is 23.5 Å². The van der Waals surface area contributed by atoms with E-state index >= 15 is 0 Å². The topological polar surface area (TPSA) is 66.4 Å². The van der Waals surface area contributed by atoms with Crippen LogP contribution in [0.5, 0.6) is 0 Å². The number of carboxylic acid groups (broad SMARTS) is 1. The molecule has 1 amide bonds. The molecule has 0 bridgehead atoms. The van der Waals surface area contributed by atoms with Crippen LogP contribution in [0.1, 0.15) is 12.0 Å². The molecule has 2 atom stereocenters. The number of rotatable bonds is 5. The van der Waals surface area contributed by atoms with E-state index in [-0.39, 0.29) is 24.4 Å². The minimum Gasteiger partial charge on any atom is -0.481 e. The predicted octanol–water partition coefficient (Wildman–Crippen LogP) is 1.34. The van der Waals surface area contributed by atoms with Crippen molar-refractivity contribution in [1.29, 1.82) is 0 Å². The average Bonchev–Trinajstić information content (AvgIpc) is 3.13. The number of hydrogen-bond donors (Lipinski definition) is 2. The highest BCUT2D eigenvalue weighted by Crippen LogP contribution is 2.38. The first-order valence-electron chi connectivity index (χ1n) is 5.94. The highest BCUT2D eigenvalue weighted by Gasteiger charge is 2.48. The molecule has 0 radical (unpaired) electrons. The molecule has 2 unspecified atom stereocenters. The minimum atomic E-state index is -0.986. The van der Waals surface area contributed by atoms with Crippen molar-refractivity contribution in [2.75, 3.05) is 6.54 Å². The Morgan fingerprint density at radius 1 is 1.26 bits per heavy atom. The van der Waals surface area contributed by atoms with Crippen molar-refractivity contribution in [2.24, 2.45) is 11.8 Å². The standard InChI is InChI=1S/C13H13F2NO3/c14-10-2-1-3-11(15)7(10)4-5-16-12(17)8-6-9(8)13(18)19/h1-3,8-9H,4-6H2,(H,16,17)(H,18,19). The normalized spacial score (nSPS) is 20.9. The highest BCUT2D eigenvalue weighted by molar-refractivity contribution is 5.89. The summed E-state index contributed by atoms with van der Waals surface area (Å²) in [6.45, 7) is 0.0829. The fourth-order valence-electron chi connectivity index (χ4n) is 1.97. The van der Waals surface area contributed by atoms with Gasteiger partial charge in [-0.1, -0.05) is 6.07 Å². The molecule has 1 aromatic carbocycles. The number of benzene rings is 1. The van der Waals surface area contributed by atoms with Crippen LogP contribution in [0.2, 0.25) is 0 Å². The van der Waals surface area contributed by atoms with Crippen LogP contribution < -0.4 is 5.32 Å². The summed E-state index contributed by atoms with van der Waals surface area (Å²) in [5, 5.41) is 11.2. The van der Waals surface area contributed by atoms with Gasteiger partial charge in [0, 0.05) is 12.1 Å². The molecule has 2 rings (SSSR count). The molecule has 2 N–H and O–H groups in total. The van der Waals surface area contributed by atoms with Crippen LogP contribution >= 0.6 is 0 Å². The van der Waals surface area contributed by atoms with Crippen LogP contribution in [-0.2, 0) is 16.0 Å². The van der Waals surface area contributed by atoms with Gasteiger partial charge in [-0.2, -0.15) is 0 Å². The van der Waals surface area contributed by atoms with E-state index in [1.807, 2.05) is 0 Å². The molecule has 0 aromatic heterocycles. The van der Waals surface area contributed by atoms with E-state index in [9.17, 15) is 18.4 Å². The van der Waals surface area contributed by atoms with Crippen molar-refractivity contribution in [3.8, 4) is 0 Å². The predicted molar refractivity (Wildman–Crippen MR) is 62.3 cm³/mol. The molecule has 0 aliphatic heterocycles. The summed E-state index contributed by atoms with van der Waals surface area (Å²) in [5.74, 6) is -3.79. The second kappa shape index (κ2) is 5.34. The van der Waals surface area contributed by atoms with Crippen molar-refractivity contribution >= 4 is 11.9 Å². The van der Waals surface area contributed by atoms with E-state index in [1.165, 1.54) is 6.07 Å². The van der Waals surface area contributed by atoms with Gasteiger partial charge in [0.1, 0.15) is 11.6 Å². The zero-order valence-corrected chi connectivity index (χ0v) is 10.0. The molecule has 4 nitrogen and oxygen atoms in total. The van der Waals surface area contributed by atoms with Gasteiger partial charge in [-0.3, -0.25) is 9.59 Å². The third-order valence-corrected chi connectivity index (χ3v) is 3.18. The molecule has 1 aliphatic rings. The number of halogens is 2. The van der Waals surface area contributed by atoms with Crippen molar-refractivity contribution in [2.45, 2.75) is 12.8 Å². The molecule has 0 heterocycles. The summed E-state index contributed by atoms with van der Waals surface area (Å²) in [7, 11) is 0. The van der Waals surface area contributed by atoms with Gasteiger partial charge in [0.2, 0.25) is 5.91 Å². The number of carbonyl (C=O) groups is 2. The molecule has 1 fully saturated rings. The fraction of sp³-hybridized carbons (Fsp3) is 0.385. The van der Waals surface area contributed by atoms with E-state index in [0.717, 1.165) is 12.1 Å². The smallest absolute Gasteiger partial charge is 0.307 e. The summed E-state index contributed by atoms with van der Waals surface area (Å²) < 4.78 is 26.6. The number of hydrogen-bond acceptors (Lipinski definition) is 2. The summed E-state index contributed by atoms with van der Waals surface area (Å²) in [6, 6.07) is 3.58. The second-order valence-electron chi connectivity index (χ2n) is 4.53. The highest BCUT2D eigenvalue weighted by atomic mass is 19.1. The molecule has 1 aromatic rings. The number of carbonyl (C=O) groups excluding carboxylic acids is 1. The first-order valence-corrected chi connectivity index (χ1v) is 5.94. The number of aliphatic carboxylic acids is 1. The van der Waals surface area contributed by atoms with Crippen LogP contribution in [0.25, 0.3) is 0 Å². The van der Waals surface area contributed by atoms with Crippen molar-refractivity contribution in [3.63, 3.8) is 0 Å². The Labute approximate surface area is 108 Å². The summed E-state index contributed by atoms with van der Waals surface area (Å²) in [5.41, 5.74) is -0.0756. The molecule has 0 spiro atoms. The lowest BCUT2D eigenvalue weighted by Crippen LogP contribution is -2.28. The van der Waals surface area contributed by atoms with Gasteiger partial charge in [0.15, 0.2) is 0 Å². The Morgan fingerprint density at radius 3 is 2.42 bits per heavy atom. The van der Waals surface area contributed by atoms with Crippen LogP contribution in [0.15, 0.2) is 18.2 Å². The van der Waals surface area contributed by atoms with Gasteiger partial charge >= 0.3 is 5.97 Å². The first-order chi connectivity index (χ1) is 9.00. The molecule has 102 valence electrons. The van der Waals surface area contributed by atoms with Crippen molar-refractivity contribution in [1.82, 2.24) is 5.32 Å². The minimum absolute atomic E-state index is 0.0364. The summed E-state index contributed by atoms with van der Waals surface area (Å²) >= 11 is 0. The van der Waals surface area contributed by atoms with Crippen LogP contribution in [-0.4, -0.2) is 23.5 Å². The molecular weight excluding hydrogens is 256 g/mol. The van der Waals surface area contributed by atoms with Gasteiger partial charge < -0.3 is 10.4 Å². The van der Waals surface area contributed by atoms with Gasteiger partial charge in [-0.05, 0) is 25.0 Å². The number of amides is 1.